The maximum atomic E-state index is 6.89. The van der Waals surface area contributed by atoms with Gasteiger partial charge in [-0.2, -0.15) is 0 Å². The van der Waals surface area contributed by atoms with Crippen molar-refractivity contribution in [1.82, 2.24) is 10.2 Å². The first kappa shape index (κ1) is 24.6. The molecule has 2 nitrogen and oxygen atoms in total. The van der Waals surface area contributed by atoms with E-state index in [0.29, 0.717) is 17.9 Å². The molecule has 5 rings (SSSR count). The lowest BCUT2D eigenvalue weighted by molar-refractivity contribution is 0.0599. The van der Waals surface area contributed by atoms with Crippen LogP contribution in [0.1, 0.15) is 76.5 Å². The Kier molecular flexibility index (Phi) is 7.47. The van der Waals surface area contributed by atoms with E-state index >= 15 is 0 Å². The summed E-state index contributed by atoms with van der Waals surface area (Å²) < 4.78 is 0. The van der Waals surface area contributed by atoms with Gasteiger partial charge in [0.1, 0.15) is 0 Å². The number of fused-ring (bicyclic) bond motifs is 3. The fourth-order valence-electron chi connectivity index (χ4n) is 6.70. The van der Waals surface area contributed by atoms with Crippen molar-refractivity contribution in [3.63, 3.8) is 0 Å². The zero-order valence-corrected chi connectivity index (χ0v) is 21.8. The van der Waals surface area contributed by atoms with Crippen molar-refractivity contribution < 1.29 is 0 Å². The molecule has 1 fully saturated rings. The summed E-state index contributed by atoms with van der Waals surface area (Å²) in [6.07, 6.45) is 18.5. The highest BCUT2D eigenvalue weighted by Gasteiger charge is 2.57. The molecule has 0 aromatic heterocycles. The van der Waals surface area contributed by atoms with Gasteiger partial charge in [-0.15, -0.1) is 6.42 Å². The zero-order chi connectivity index (χ0) is 23.8. The van der Waals surface area contributed by atoms with Gasteiger partial charge in [-0.1, -0.05) is 79.8 Å². The number of hydrogen-bond donors (Lipinski definition) is 1. The Labute approximate surface area is 210 Å². The van der Waals surface area contributed by atoms with Gasteiger partial charge in [0.05, 0.1) is 11.6 Å². The second kappa shape index (κ2) is 10.0. The third-order valence-corrected chi connectivity index (χ3v) is 8.62. The number of terminal acetylenes is 1. The van der Waals surface area contributed by atoms with Crippen molar-refractivity contribution in [1.29, 1.82) is 0 Å². The summed E-state index contributed by atoms with van der Waals surface area (Å²) in [5.41, 5.74) is 3.70. The van der Waals surface area contributed by atoms with Crippen LogP contribution in [0.2, 0.25) is 5.02 Å². The molecule has 33 heavy (non-hydrogen) atoms. The van der Waals surface area contributed by atoms with Gasteiger partial charge in [-0.3, -0.25) is 4.90 Å². The van der Waals surface area contributed by atoms with Crippen LogP contribution in [0.5, 0.6) is 0 Å². The van der Waals surface area contributed by atoms with Crippen molar-refractivity contribution >= 4 is 23.2 Å². The predicted molar refractivity (Wildman–Crippen MR) is 142 cm³/mol. The van der Waals surface area contributed by atoms with Crippen LogP contribution in [0.25, 0.3) is 0 Å². The molecule has 176 valence electrons. The van der Waals surface area contributed by atoms with Crippen LogP contribution in [-0.2, 0) is 0 Å². The molecule has 1 aliphatic carbocycles. The van der Waals surface area contributed by atoms with Crippen molar-refractivity contribution in [2.75, 3.05) is 6.54 Å². The molecular formula is C29H36Cl2N2. The number of nitrogens with zero attached hydrogens (tertiary/aromatic N) is 1. The van der Waals surface area contributed by atoms with E-state index in [1.165, 1.54) is 11.1 Å². The summed E-state index contributed by atoms with van der Waals surface area (Å²) in [6, 6.07) is 7.03. The van der Waals surface area contributed by atoms with Gasteiger partial charge in [0, 0.05) is 28.1 Å². The Morgan fingerprint density at radius 1 is 1.30 bits per heavy atom. The largest absolute Gasteiger partial charge is 0.305 e. The molecule has 1 spiro atoms. The molecule has 1 saturated heterocycles. The van der Waals surface area contributed by atoms with Crippen molar-refractivity contribution in [2.45, 2.75) is 83.0 Å². The van der Waals surface area contributed by atoms with Gasteiger partial charge in [-0.05, 0) is 74.4 Å². The predicted octanol–water partition coefficient (Wildman–Crippen LogP) is 7.37. The van der Waals surface area contributed by atoms with Crippen molar-refractivity contribution in [2.24, 2.45) is 5.92 Å². The van der Waals surface area contributed by atoms with Crippen LogP contribution in [-0.4, -0.2) is 29.1 Å². The van der Waals surface area contributed by atoms with Crippen LogP contribution in [0.4, 0.5) is 0 Å². The van der Waals surface area contributed by atoms with Gasteiger partial charge < -0.3 is 5.32 Å². The molecule has 3 aliphatic heterocycles. The second-order valence-electron chi connectivity index (χ2n) is 10.2. The molecule has 1 N–H and O–H groups in total. The monoisotopic (exact) mass is 482 g/mol. The Balaban J connectivity index is 2.02. The Morgan fingerprint density at radius 3 is 2.79 bits per heavy atom. The highest BCUT2D eigenvalue weighted by molar-refractivity contribution is 6.33. The summed E-state index contributed by atoms with van der Waals surface area (Å²) in [4.78, 5) is 2.82. The number of nitrogens with one attached hydrogen (secondary N) is 1. The quantitative estimate of drug-likeness (QED) is 0.440. The smallest absolute Gasteiger partial charge is 0.0702 e. The molecule has 5 unspecified atom stereocenters. The van der Waals surface area contributed by atoms with E-state index in [9.17, 15) is 0 Å². The lowest BCUT2D eigenvalue weighted by Crippen LogP contribution is -2.57. The van der Waals surface area contributed by atoms with Crippen molar-refractivity contribution in [3.05, 3.63) is 69.3 Å². The number of benzene rings is 1. The minimum Gasteiger partial charge on any atom is -0.305 e. The van der Waals surface area contributed by atoms with Crippen molar-refractivity contribution in [3.8, 4) is 12.3 Å². The SMILES string of the molecule is C#C/C=C\C1CC2c3cccc(Cl)c3C3NCCC2(/C(C)=C/C=C3Cl)N1C(CC)CC(C)C. The first-order valence-electron chi connectivity index (χ1n) is 12.3. The number of halogens is 2. The summed E-state index contributed by atoms with van der Waals surface area (Å²) in [6.45, 7) is 10.2. The van der Waals surface area contributed by atoms with Crippen LogP contribution in [0.3, 0.4) is 0 Å². The molecular weight excluding hydrogens is 447 g/mol. The summed E-state index contributed by atoms with van der Waals surface area (Å²) in [5.74, 6) is 3.68. The van der Waals surface area contributed by atoms with Crippen LogP contribution < -0.4 is 5.32 Å². The first-order valence-corrected chi connectivity index (χ1v) is 13.1. The van der Waals surface area contributed by atoms with E-state index in [-0.39, 0.29) is 17.6 Å². The zero-order valence-electron chi connectivity index (χ0n) is 20.2. The molecule has 4 aliphatic rings. The van der Waals surface area contributed by atoms with E-state index in [0.717, 1.165) is 47.8 Å². The highest BCUT2D eigenvalue weighted by atomic mass is 35.5. The molecule has 2 bridgehead atoms. The maximum absolute atomic E-state index is 6.89. The Bertz CT molecular complexity index is 1010. The summed E-state index contributed by atoms with van der Waals surface area (Å²) >= 11 is 13.8. The molecule has 3 heterocycles. The number of allylic oxidation sites excluding steroid dienone is 3. The van der Waals surface area contributed by atoms with Gasteiger partial charge in [0.15, 0.2) is 0 Å². The molecule has 1 aromatic rings. The standard InChI is InChI=1S/C29H36Cl2N2/c1-6-8-10-22-18-24-23-11-9-12-25(30)27(23)28-26(31)14-13-20(5)29(24,15-16-32-28)33(22)21(7-2)17-19(3)4/h1,8-14,19,21-22,24,28,32H,7,15-18H2,2-5H3/b10-8-,20-13+,26-14?. The molecule has 5 atom stereocenters. The van der Waals surface area contributed by atoms with E-state index in [4.69, 9.17) is 29.6 Å². The van der Waals surface area contributed by atoms with E-state index < -0.39 is 0 Å². The lowest BCUT2D eigenvalue weighted by atomic mass is 9.70. The average Bonchev–Trinajstić information content (AvgIpc) is 3.12. The molecule has 0 saturated carbocycles. The summed E-state index contributed by atoms with van der Waals surface area (Å²) in [7, 11) is 0. The third kappa shape index (κ3) is 4.23. The fourth-order valence-corrected chi connectivity index (χ4v) is 7.24. The van der Waals surface area contributed by atoms with Gasteiger partial charge in [-0.25, -0.2) is 0 Å². The Hall–Kier alpha value is -1.50. The lowest BCUT2D eigenvalue weighted by Gasteiger charge is -2.50. The number of hydrogen-bond acceptors (Lipinski definition) is 2. The normalized spacial score (nSPS) is 32.1. The second-order valence-corrected chi connectivity index (χ2v) is 11.0. The Morgan fingerprint density at radius 2 is 2.09 bits per heavy atom. The summed E-state index contributed by atoms with van der Waals surface area (Å²) in [5, 5.41) is 5.33. The molecule has 1 aromatic carbocycles. The van der Waals surface area contributed by atoms with Crippen LogP contribution in [0, 0.1) is 18.3 Å². The topological polar surface area (TPSA) is 15.3 Å². The minimum atomic E-state index is -0.130. The highest BCUT2D eigenvalue weighted by Crippen LogP contribution is 2.57. The maximum Gasteiger partial charge on any atom is 0.0702 e. The van der Waals surface area contributed by atoms with Crippen LogP contribution in [0.15, 0.2) is 53.1 Å². The molecule has 0 amide bonds. The van der Waals surface area contributed by atoms with Gasteiger partial charge >= 0.3 is 0 Å². The van der Waals surface area contributed by atoms with Gasteiger partial charge in [0.25, 0.3) is 0 Å². The van der Waals surface area contributed by atoms with E-state index in [1.807, 2.05) is 12.1 Å². The number of rotatable bonds is 5. The molecule has 0 radical (unpaired) electrons. The van der Waals surface area contributed by atoms with E-state index in [2.05, 4.69) is 74.2 Å². The fraction of sp³-hybridized carbons (Fsp3) is 0.517. The third-order valence-electron chi connectivity index (χ3n) is 7.95. The average molecular weight is 484 g/mol. The number of likely N-dealkylation sites (tertiary alicyclic amines) is 1. The van der Waals surface area contributed by atoms with Crippen LogP contribution >= 0.6 is 23.2 Å². The van der Waals surface area contributed by atoms with Gasteiger partial charge in [0.2, 0.25) is 0 Å². The minimum absolute atomic E-state index is 0.0816. The van der Waals surface area contributed by atoms with E-state index in [1.54, 1.807) is 0 Å². The first-order chi connectivity index (χ1) is 15.8. The molecule has 4 heteroatoms.